The van der Waals surface area contributed by atoms with Crippen molar-refractivity contribution in [2.75, 3.05) is 0 Å². The molecule has 1 saturated carbocycles. The molecule has 1 N–H and O–H groups in total. The number of benzene rings is 1. The van der Waals surface area contributed by atoms with Crippen molar-refractivity contribution in [3.8, 4) is 0 Å². The Bertz CT molecular complexity index is 648. The van der Waals surface area contributed by atoms with Gasteiger partial charge in [-0.2, -0.15) is 0 Å². The van der Waals surface area contributed by atoms with Crippen LogP contribution in [0.2, 0.25) is 0 Å². The second-order valence-electron chi connectivity index (χ2n) is 6.22. The summed E-state index contributed by atoms with van der Waals surface area (Å²) in [5.74, 6) is -0.165. The SMILES string of the molecule is Cc1ccc(S(=O)(=O)C2CCC(C)C(C)C2)cc1C(=O)O. The third kappa shape index (κ3) is 3.12. The lowest BCUT2D eigenvalue weighted by Gasteiger charge is -2.31. The summed E-state index contributed by atoms with van der Waals surface area (Å²) in [5.41, 5.74) is 0.639. The predicted molar refractivity (Wildman–Crippen MR) is 81.3 cm³/mol. The van der Waals surface area contributed by atoms with Crippen LogP contribution in [0.1, 0.15) is 49.0 Å². The molecule has 1 fully saturated rings. The first-order valence-electron chi connectivity index (χ1n) is 7.31. The van der Waals surface area contributed by atoms with E-state index in [2.05, 4.69) is 13.8 Å². The molecule has 1 aliphatic rings. The Morgan fingerprint density at radius 3 is 2.43 bits per heavy atom. The van der Waals surface area contributed by atoms with Crippen molar-refractivity contribution in [1.82, 2.24) is 0 Å². The van der Waals surface area contributed by atoms with Crippen LogP contribution in [-0.2, 0) is 9.84 Å². The van der Waals surface area contributed by atoms with Gasteiger partial charge in [-0.25, -0.2) is 13.2 Å². The van der Waals surface area contributed by atoms with E-state index >= 15 is 0 Å². The highest BCUT2D eigenvalue weighted by Gasteiger charge is 2.34. The quantitative estimate of drug-likeness (QED) is 0.930. The van der Waals surface area contributed by atoms with Gasteiger partial charge >= 0.3 is 5.97 Å². The number of aromatic carboxylic acids is 1. The minimum Gasteiger partial charge on any atom is -0.478 e. The summed E-state index contributed by atoms with van der Waals surface area (Å²) in [5, 5.41) is 8.75. The fourth-order valence-corrected chi connectivity index (χ4v) is 4.91. The van der Waals surface area contributed by atoms with Crippen molar-refractivity contribution in [3.05, 3.63) is 29.3 Å². The molecule has 0 spiro atoms. The largest absolute Gasteiger partial charge is 0.478 e. The molecule has 3 unspecified atom stereocenters. The average Bonchev–Trinajstić information content (AvgIpc) is 2.41. The maximum absolute atomic E-state index is 12.7. The van der Waals surface area contributed by atoms with Crippen molar-refractivity contribution in [2.24, 2.45) is 11.8 Å². The summed E-state index contributed by atoms with van der Waals surface area (Å²) in [6, 6.07) is 4.40. The molecule has 0 amide bonds. The summed E-state index contributed by atoms with van der Waals surface area (Å²) < 4.78 is 25.5. The van der Waals surface area contributed by atoms with E-state index in [-0.39, 0.29) is 10.5 Å². The molecule has 21 heavy (non-hydrogen) atoms. The van der Waals surface area contributed by atoms with E-state index in [4.69, 9.17) is 5.11 Å². The molecule has 2 rings (SSSR count). The molecule has 1 aromatic rings. The Hall–Kier alpha value is -1.36. The zero-order valence-electron chi connectivity index (χ0n) is 12.7. The van der Waals surface area contributed by atoms with Crippen LogP contribution in [0.5, 0.6) is 0 Å². The molecule has 4 nitrogen and oxygen atoms in total. The lowest BCUT2D eigenvalue weighted by Crippen LogP contribution is -2.31. The van der Waals surface area contributed by atoms with Crippen LogP contribution >= 0.6 is 0 Å². The van der Waals surface area contributed by atoms with Gasteiger partial charge in [0.15, 0.2) is 9.84 Å². The molecule has 0 bridgehead atoms. The molecule has 3 atom stereocenters. The summed E-state index contributed by atoms with van der Waals surface area (Å²) in [4.78, 5) is 11.3. The smallest absolute Gasteiger partial charge is 0.335 e. The number of aryl methyl sites for hydroxylation is 1. The molecule has 0 aromatic heterocycles. The van der Waals surface area contributed by atoms with Gasteiger partial charge < -0.3 is 5.11 Å². The van der Waals surface area contributed by atoms with Gasteiger partial charge in [-0.15, -0.1) is 0 Å². The number of hydrogen-bond donors (Lipinski definition) is 1. The fourth-order valence-electron chi connectivity index (χ4n) is 2.98. The molecule has 116 valence electrons. The van der Waals surface area contributed by atoms with Crippen molar-refractivity contribution in [2.45, 2.75) is 50.2 Å². The monoisotopic (exact) mass is 310 g/mol. The molecule has 0 aliphatic heterocycles. The maximum atomic E-state index is 12.7. The van der Waals surface area contributed by atoms with E-state index in [9.17, 15) is 13.2 Å². The van der Waals surface area contributed by atoms with Crippen LogP contribution in [0.3, 0.4) is 0 Å². The van der Waals surface area contributed by atoms with Crippen LogP contribution in [0.15, 0.2) is 23.1 Å². The second-order valence-corrected chi connectivity index (χ2v) is 8.44. The topological polar surface area (TPSA) is 71.4 Å². The van der Waals surface area contributed by atoms with E-state index in [0.717, 1.165) is 6.42 Å². The Morgan fingerprint density at radius 2 is 1.86 bits per heavy atom. The molecule has 0 radical (unpaired) electrons. The lowest BCUT2D eigenvalue weighted by atomic mass is 9.81. The first kappa shape index (κ1) is 16.0. The van der Waals surface area contributed by atoms with Crippen molar-refractivity contribution < 1.29 is 18.3 Å². The minimum atomic E-state index is -3.45. The molecular formula is C16H22O4S. The Kier molecular flexibility index (Phi) is 4.42. The summed E-state index contributed by atoms with van der Waals surface area (Å²) in [7, 11) is -3.45. The minimum absolute atomic E-state index is 0.0632. The van der Waals surface area contributed by atoms with Crippen LogP contribution in [0.4, 0.5) is 0 Å². The van der Waals surface area contributed by atoms with Gasteiger partial charge in [0.1, 0.15) is 0 Å². The molecule has 0 heterocycles. The normalized spacial score (nSPS) is 26.5. The molecule has 1 aromatic carbocycles. The standard InChI is InChI=1S/C16H22O4S/c1-10-4-6-13(8-12(10)3)21(19,20)14-7-5-11(2)15(9-14)16(17)18/h5,7,9-10,12-13H,4,6,8H2,1-3H3,(H,17,18). The lowest BCUT2D eigenvalue weighted by molar-refractivity contribution is 0.0696. The van der Waals surface area contributed by atoms with Gasteiger partial charge in [0.25, 0.3) is 0 Å². The summed E-state index contributed by atoms with van der Waals surface area (Å²) in [6.45, 7) is 5.91. The highest BCUT2D eigenvalue weighted by Crippen LogP contribution is 2.35. The molecular weight excluding hydrogens is 288 g/mol. The van der Waals surface area contributed by atoms with Gasteiger partial charge in [-0.05, 0) is 55.7 Å². The maximum Gasteiger partial charge on any atom is 0.335 e. The number of sulfone groups is 1. The van der Waals surface area contributed by atoms with Crippen molar-refractivity contribution in [1.29, 1.82) is 0 Å². The zero-order valence-corrected chi connectivity index (χ0v) is 13.5. The van der Waals surface area contributed by atoms with Crippen LogP contribution in [-0.4, -0.2) is 24.7 Å². The van der Waals surface area contributed by atoms with Gasteiger partial charge in [-0.3, -0.25) is 0 Å². The van der Waals surface area contributed by atoms with E-state index in [0.29, 0.717) is 30.2 Å². The molecule has 0 saturated heterocycles. The summed E-state index contributed by atoms with van der Waals surface area (Å²) >= 11 is 0. The van der Waals surface area contributed by atoms with E-state index in [1.165, 1.54) is 12.1 Å². The third-order valence-corrected chi connectivity index (χ3v) is 6.97. The summed E-state index contributed by atoms with van der Waals surface area (Å²) in [6.07, 6.45) is 2.21. The average molecular weight is 310 g/mol. The number of carboxylic acid groups (broad SMARTS) is 1. The van der Waals surface area contributed by atoms with Gasteiger partial charge in [0.2, 0.25) is 0 Å². The van der Waals surface area contributed by atoms with Gasteiger partial charge in [0.05, 0.1) is 15.7 Å². The number of rotatable bonds is 3. The van der Waals surface area contributed by atoms with Gasteiger partial charge in [0, 0.05) is 0 Å². The van der Waals surface area contributed by atoms with E-state index in [1.54, 1.807) is 13.0 Å². The number of carbonyl (C=O) groups is 1. The van der Waals surface area contributed by atoms with Crippen molar-refractivity contribution in [3.63, 3.8) is 0 Å². The Morgan fingerprint density at radius 1 is 1.19 bits per heavy atom. The Labute approximate surface area is 126 Å². The number of hydrogen-bond acceptors (Lipinski definition) is 3. The van der Waals surface area contributed by atoms with Crippen LogP contribution in [0, 0.1) is 18.8 Å². The molecule has 5 heteroatoms. The van der Waals surface area contributed by atoms with Gasteiger partial charge in [-0.1, -0.05) is 19.9 Å². The molecule has 1 aliphatic carbocycles. The first-order valence-corrected chi connectivity index (χ1v) is 8.86. The van der Waals surface area contributed by atoms with E-state index < -0.39 is 21.1 Å². The number of carboxylic acids is 1. The second kappa shape index (κ2) is 5.79. The van der Waals surface area contributed by atoms with Crippen molar-refractivity contribution >= 4 is 15.8 Å². The predicted octanol–water partition coefficient (Wildman–Crippen LogP) is 3.29. The highest BCUT2D eigenvalue weighted by atomic mass is 32.2. The first-order chi connectivity index (χ1) is 9.73. The highest BCUT2D eigenvalue weighted by molar-refractivity contribution is 7.92. The fraction of sp³-hybridized carbons (Fsp3) is 0.562. The van der Waals surface area contributed by atoms with E-state index in [1.807, 2.05) is 0 Å². The zero-order chi connectivity index (χ0) is 15.8. The van der Waals surface area contributed by atoms with Crippen LogP contribution < -0.4 is 0 Å². The Balaban J connectivity index is 2.36. The third-order valence-electron chi connectivity index (χ3n) is 4.76. The van der Waals surface area contributed by atoms with Crippen LogP contribution in [0.25, 0.3) is 0 Å².